The van der Waals surface area contributed by atoms with E-state index in [1.54, 1.807) is 60.8 Å². The Morgan fingerprint density at radius 1 is 0.825 bits per heavy atom. The molecule has 6 aromatic rings. The molecule has 0 spiro atoms. The zero-order valence-electron chi connectivity index (χ0n) is 21.1. The number of halogens is 1. The van der Waals surface area contributed by atoms with Crippen molar-refractivity contribution in [2.45, 2.75) is 5.03 Å². The molecule has 198 valence electrons. The number of benzene rings is 3. The van der Waals surface area contributed by atoms with Gasteiger partial charge < -0.3 is 5.73 Å². The molecule has 0 aliphatic carbocycles. The van der Waals surface area contributed by atoms with Crippen LogP contribution in [-0.4, -0.2) is 39.0 Å². The summed E-state index contributed by atoms with van der Waals surface area (Å²) in [5.41, 5.74) is 8.85. The van der Waals surface area contributed by atoms with Crippen molar-refractivity contribution in [3.8, 4) is 33.9 Å². The first kappa shape index (κ1) is 25.5. The van der Waals surface area contributed by atoms with Gasteiger partial charge >= 0.3 is 0 Å². The highest BCUT2D eigenvalue weighted by atomic mass is 35.5. The van der Waals surface area contributed by atoms with Gasteiger partial charge in [0.2, 0.25) is 0 Å². The number of sulfone groups is 1. The third-order valence-electron chi connectivity index (χ3n) is 6.36. The Hall–Kier alpha value is -4.80. The zero-order valence-corrected chi connectivity index (χ0v) is 22.6. The number of aromatic nitrogens is 5. The molecule has 3 aromatic carbocycles. The van der Waals surface area contributed by atoms with Crippen LogP contribution in [0.5, 0.6) is 0 Å². The average Bonchev–Trinajstić information content (AvgIpc) is 3.35. The predicted molar refractivity (Wildman–Crippen MR) is 156 cm³/mol. The number of pyridine rings is 1. The van der Waals surface area contributed by atoms with E-state index in [-0.39, 0.29) is 16.1 Å². The molecule has 3 heterocycles. The van der Waals surface area contributed by atoms with Gasteiger partial charge in [-0.25, -0.2) is 23.1 Å². The van der Waals surface area contributed by atoms with Crippen LogP contribution in [0, 0.1) is 0 Å². The van der Waals surface area contributed by atoms with Crippen molar-refractivity contribution in [2.75, 3.05) is 12.0 Å². The lowest BCUT2D eigenvalue weighted by Gasteiger charge is -2.14. The SMILES string of the molecule is CS(=O)(=O)c1nn(-c2ccccc2)c2nc(-c3ccc(-c4ccnc(N)c4)cc3)n(-c3ccc(Cl)cc3)c(=O)c12. The molecule has 6 rings (SSSR count). The largest absolute Gasteiger partial charge is 0.384 e. The molecule has 0 fully saturated rings. The highest BCUT2D eigenvalue weighted by Crippen LogP contribution is 2.29. The molecule has 3 aromatic heterocycles. The van der Waals surface area contributed by atoms with Crippen molar-refractivity contribution < 1.29 is 8.42 Å². The van der Waals surface area contributed by atoms with Crippen LogP contribution in [0.2, 0.25) is 5.02 Å². The number of para-hydroxylation sites is 1. The van der Waals surface area contributed by atoms with Crippen molar-refractivity contribution in [3.05, 3.63) is 113 Å². The first-order valence-corrected chi connectivity index (χ1v) is 14.4. The summed E-state index contributed by atoms with van der Waals surface area (Å²) in [7, 11) is -3.88. The Balaban J connectivity index is 1.67. The molecular weight excluding hydrogens is 548 g/mol. The van der Waals surface area contributed by atoms with Gasteiger partial charge in [0, 0.05) is 23.0 Å². The van der Waals surface area contributed by atoms with Crippen LogP contribution in [0.4, 0.5) is 5.82 Å². The fraction of sp³-hybridized carbons (Fsp3) is 0.0345. The number of nitrogens with two attached hydrogens (primary N) is 1. The molecule has 0 amide bonds. The van der Waals surface area contributed by atoms with Crippen molar-refractivity contribution in [2.24, 2.45) is 0 Å². The summed E-state index contributed by atoms with van der Waals surface area (Å²) in [6, 6.07) is 26.7. The number of anilines is 1. The Labute approximate surface area is 234 Å². The highest BCUT2D eigenvalue weighted by Gasteiger charge is 2.27. The van der Waals surface area contributed by atoms with Gasteiger partial charge in [0.25, 0.3) is 5.56 Å². The maximum atomic E-state index is 14.2. The summed E-state index contributed by atoms with van der Waals surface area (Å²) in [4.78, 5) is 23.1. The van der Waals surface area contributed by atoms with E-state index < -0.39 is 15.4 Å². The van der Waals surface area contributed by atoms with Gasteiger partial charge in [0.1, 0.15) is 17.0 Å². The molecule has 0 unspecified atom stereocenters. The van der Waals surface area contributed by atoms with E-state index in [2.05, 4.69) is 10.1 Å². The van der Waals surface area contributed by atoms with Crippen LogP contribution < -0.4 is 11.3 Å². The summed E-state index contributed by atoms with van der Waals surface area (Å²) in [6.45, 7) is 0. The minimum Gasteiger partial charge on any atom is -0.384 e. The van der Waals surface area contributed by atoms with Crippen molar-refractivity contribution in [3.63, 3.8) is 0 Å². The maximum absolute atomic E-state index is 14.2. The van der Waals surface area contributed by atoms with Gasteiger partial charge in [-0.3, -0.25) is 9.36 Å². The van der Waals surface area contributed by atoms with Crippen molar-refractivity contribution >= 4 is 38.3 Å². The summed E-state index contributed by atoms with van der Waals surface area (Å²) >= 11 is 6.12. The summed E-state index contributed by atoms with van der Waals surface area (Å²) in [5, 5.41) is 4.39. The minimum atomic E-state index is -3.88. The van der Waals surface area contributed by atoms with Crippen molar-refractivity contribution in [1.29, 1.82) is 0 Å². The zero-order chi connectivity index (χ0) is 28.0. The number of hydrogen-bond donors (Lipinski definition) is 1. The second kappa shape index (κ2) is 9.74. The fourth-order valence-corrected chi connectivity index (χ4v) is 5.42. The van der Waals surface area contributed by atoms with E-state index >= 15 is 0 Å². The van der Waals surface area contributed by atoms with Gasteiger partial charge in [-0.05, 0) is 59.7 Å². The Kier molecular flexibility index (Phi) is 6.21. The lowest BCUT2D eigenvalue weighted by atomic mass is 10.0. The van der Waals surface area contributed by atoms with Crippen LogP contribution in [0.25, 0.3) is 44.9 Å². The molecule has 40 heavy (non-hydrogen) atoms. The van der Waals surface area contributed by atoms with E-state index in [0.29, 0.717) is 33.6 Å². The molecule has 0 bridgehead atoms. The molecule has 9 nitrogen and oxygen atoms in total. The van der Waals surface area contributed by atoms with Gasteiger partial charge in [0.05, 0.1) is 11.4 Å². The summed E-state index contributed by atoms with van der Waals surface area (Å²) in [5.74, 6) is 0.707. The van der Waals surface area contributed by atoms with E-state index in [9.17, 15) is 13.2 Å². The van der Waals surface area contributed by atoms with E-state index in [4.69, 9.17) is 22.3 Å². The number of nitrogen functional groups attached to an aromatic ring is 1. The summed E-state index contributed by atoms with van der Waals surface area (Å²) in [6.07, 6.45) is 2.66. The molecule has 0 saturated heterocycles. The molecule has 2 N–H and O–H groups in total. The lowest BCUT2D eigenvalue weighted by Crippen LogP contribution is -2.23. The van der Waals surface area contributed by atoms with Crippen LogP contribution in [0.3, 0.4) is 0 Å². The summed E-state index contributed by atoms with van der Waals surface area (Å²) < 4.78 is 28.4. The molecule has 0 saturated carbocycles. The predicted octanol–water partition coefficient (Wildman–Crippen LogP) is 4.94. The first-order valence-electron chi connectivity index (χ1n) is 12.1. The fourth-order valence-electron chi connectivity index (χ4n) is 4.51. The van der Waals surface area contributed by atoms with E-state index in [1.807, 2.05) is 36.4 Å². The second-order valence-corrected chi connectivity index (χ2v) is 11.5. The molecular formula is C29H21ClN6O3S. The number of nitrogens with zero attached hydrogens (tertiary/aromatic N) is 5. The van der Waals surface area contributed by atoms with Crippen LogP contribution in [-0.2, 0) is 9.84 Å². The molecule has 0 radical (unpaired) electrons. The number of rotatable bonds is 5. The second-order valence-electron chi connectivity index (χ2n) is 9.12. The van der Waals surface area contributed by atoms with Gasteiger partial charge in [-0.15, -0.1) is 0 Å². The van der Waals surface area contributed by atoms with Gasteiger partial charge in [-0.1, -0.05) is 54.1 Å². The monoisotopic (exact) mass is 568 g/mol. The van der Waals surface area contributed by atoms with Gasteiger partial charge in [0.15, 0.2) is 20.5 Å². The third-order valence-corrected chi connectivity index (χ3v) is 7.60. The van der Waals surface area contributed by atoms with Crippen LogP contribution >= 0.6 is 11.6 Å². The average molecular weight is 569 g/mol. The first-order chi connectivity index (χ1) is 19.2. The van der Waals surface area contributed by atoms with Crippen LogP contribution in [0.15, 0.2) is 107 Å². The maximum Gasteiger partial charge on any atom is 0.270 e. The Morgan fingerprint density at radius 2 is 1.50 bits per heavy atom. The number of fused-ring (bicyclic) bond motifs is 1. The topological polar surface area (TPSA) is 126 Å². The minimum absolute atomic E-state index is 0.103. The van der Waals surface area contributed by atoms with E-state index in [0.717, 1.165) is 17.4 Å². The smallest absolute Gasteiger partial charge is 0.270 e. The van der Waals surface area contributed by atoms with Crippen molar-refractivity contribution in [1.82, 2.24) is 24.3 Å². The normalized spacial score (nSPS) is 11.7. The molecule has 0 aliphatic rings. The quantitative estimate of drug-likeness (QED) is 0.312. The molecule has 11 heteroatoms. The Morgan fingerprint density at radius 3 is 2.15 bits per heavy atom. The van der Waals surface area contributed by atoms with Gasteiger partial charge in [-0.2, -0.15) is 5.10 Å². The number of hydrogen-bond acceptors (Lipinski definition) is 7. The molecule has 0 atom stereocenters. The van der Waals surface area contributed by atoms with E-state index in [1.165, 1.54) is 9.25 Å². The standard InChI is InChI=1S/C29H21ClN6O3S/c1-40(38,39)28-25-27(36(34-28)23-5-3-2-4-6-23)33-26(35(29(25)37)22-13-11-21(30)12-14-22)19-9-7-18(8-10-19)20-15-16-32-24(31)17-20/h2-17H,1H3,(H2,31,32). The Bertz CT molecular complexity index is 2050. The highest BCUT2D eigenvalue weighted by molar-refractivity contribution is 7.90. The van der Waals surface area contributed by atoms with Crippen LogP contribution in [0.1, 0.15) is 0 Å². The molecule has 0 aliphatic heterocycles. The lowest BCUT2D eigenvalue weighted by molar-refractivity contribution is 0.597. The third kappa shape index (κ3) is 4.53.